The molecule has 92 valence electrons. The van der Waals surface area contributed by atoms with Gasteiger partial charge in [0, 0.05) is 19.5 Å². The van der Waals surface area contributed by atoms with Gasteiger partial charge in [-0.3, -0.25) is 9.36 Å². The first-order valence-corrected chi connectivity index (χ1v) is 5.63. The smallest absolute Gasteiger partial charge is 0.109 e. The molecule has 2 heterocycles. The van der Waals surface area contributed by atoms with Gasteiger partial charge in [-0.2, -0.15) is 10.2 Å². The molecule has 0 radical (unpaired) electrons. The molecular formula is C12H19N5. The number of nitrogens with two attached hydrogens (primary N) is 1. The maximum Gasteiger partial charge on any atom is 0.109 e. The molecule has 0 amide bonds. The van der Waals surface area contributed by atoms with Gasteiger partial charge in [-0.15, -0.1) is 0 Å². The van der Waals surface area contributed by atoms with E-state index in [1.54, 1.807) is 10.9 Å². The molecule has 0 unspecified atom stereocenters. The largest absolute Gasteiger partial charge is 0.396 e. The van der Waals surface area contributed by atoms with Gasteiger partial charge in [0.15, 0.2) is 0 Å². The molecule has 2 N–H and O–H groups in total. The van der Waals surface area contributed by atoms with Gasteiger partial charge in [0.1, 0.15) is 5.69 Å². The first-order valence-electron chi connectivity index (χ1n) is 5.63. The Hall–Kier alpha value is -1.78. The lowest BCUT2D eigenvalue weighted by Crippen LogP contribution is -2.12. The highest BCUT2D eigenvalue weighted by atomic mass is 15.3. The predicted molar refractivity (Wildman–Crippen MR) is 68.5 cm³/mol. The highest BCUT2D eigenvalue weighted by molar-refractivity contribution is 5.70. The molecule has 0 aromatic carbocycles. The van der Waals surface area contributed by atoms with E-state index in [-0.39, 0.29) is 5.41 Å². The summed E-state index contributed by atoms with van der Waals surface area (Å²) in [6.07, 6.45) is 1.67. The second kappa shape index (κ2) is 3.61. The second-order valence-corrected chi connectivity index (χ2v) is 5.36. The molecule has 0 aliphatic rings. The van der Waals surface area contributed by atoms with Crippen molar-refractivity contribution in [2.45, 2.75) is 26.2 Å². The van der Waals surface area contributed by atoms with Gasteiger partial charge in [-0.1, -0.05) is 20.8 Å². The molecule has 0 saturated carbocycles. The van der Waals surface area contributed by atoms with Crippen molar-refractivity contribution in [2.24, 2.45) is 14.1 Å². The molecule has 0 bridgehead atoms. The third kappa shape index (κ3) is 1.92. The van der Waals surface area contributed by atoms with Crippen molar-refractivity contribution in [2.75, 3.05) is 5.73 Å². The van der Waals surface area contributed by atoms with Gasteiger partial charge in [0.2, 0.25) is 0 Å². The van der Waals surface area contributed by atoms with Crippen LogP contribution in [0.2, 0.25) is 0 Å². The van der Waals surface area contributed by atoms with Crippen LogP contribution in [-0.2, 0) is 19.5 Å². The molecule has 0 aliphatic carbocycles. The van der Waals surface area contributed by atoms with E-state index in [1.807, 2.05) is 18.8 Å². The standard InChI is InChI=1S/C12H19N5/c1-12(2,3)10-6-9(16(4)15-10)11-8(13)7-14-17(11)5/h6-7H,13H2,1-5H3. The summed E-state index contributed by atoms with van der Waals surface area (Å²) in [6, 6.07) is 2.08. The summed E-state index contributed by atoms with van der Waals surface area (Å²) in [5.74, 6) is 0. The molecule has 0 atom stereocenters. The van der Waals surface area contributed by atoms with E-state index in [1.165, 1.54) is 0 Å². The molecule has 0 fully saturated rings. The molecule has 0 saturated heterocycles. The number of aryl methyl sites for hydroxylation is 2. The fourth-order valence-corrected chi connectivity index (χ4v) is 1.82. The quantitative estimate of drug-likeness (QED) is 0.815. The summed E-state index contributed by atoms with van der Waals surface area (Å²) >= 11 is 0. The predicted octanol–water partition coefficient (Wildman–Crippen LogP) is 1.70. The van der Waals surface area contributed by atoms with Crippen molar-refractivity contribution < 1.29 is 0 Å². The molecule has 5 heteroatoms. The van der Waals surface area contributed by atoms with Crippen molar-refractivity contribution in [3.05, 3.63) is 18.0 Å². The number of hydrogen-bond acceptors (Lipinski definition) is 3. The van der Waals surface area contributed by atoms with E-state index < -0.39 is 0 Å². The molecule has 5 nitrogen and oxygen atoms in total. The average Bonchev–Trinajstić information content (AvgIpc) is 2.70. The summed E-state index contributed by atoms with van der Waals surface area (Å²) in [5, 5.41) is 8.70. The molecule has 2 aromatic rings. The Labute approximate surface area is 101 Å². The van der Waals surface area contributed by atoms with Crippen molar-refractivity contribution in [3.63, 3.8) is 0 Å². The zero-order valence-electron chi connectivity index (χ0n) is 11.0. The van der Waals surface area contributed by atoms with Crippen LogP contribution < -0.4 is 5.73 Å². The zero-order chi connectivity index (χ0) is 12.8. The fourth-order valence-electron chi connectivity index (χ4n) is 1.82. The van der Waals surface area contributed by atoms with Gasteiger partial charge in [0.05, 0.1) is 23.3 Å². The maximum atomic E-state index is 5.94. The van der Waals surface area contributed by atoms with E-state index in [4.69, 9.17) is 5.73 Å². The monoisotopic (exact) mass is 233 g/mol. The number of nitrogen functional groups attached to an aromatic ring is 1. The van der Waals surface area contributed by atoms with Crippen LogP contribution in [0, 0.1) is 0 Å². The number of rotatable bonds is 1. The number of anilines is 1. The van der Waals surface area contributed by atoms with Crippen LogP contribution in [0.3, 0.4) is 0 Å². The minimum absolute atomic E-state index is 0.0311. The summed E-state index contributed by atoms with van der Waals surface area (Å²) in [6.45, 7) is 6.43. The van der Waals surface area contributed by atoms with Crippen LogP contribution in [0.15, 0.2) is 12.3 Å². The lowest BCUT2D eigenvalue weighted by atomic mass is 9.92. The Bertz CT molecular complexity index is 522. The third-order valence-electron chi connectivity index (χ3n) is 2.86. The molecule has 2 rings (SSSR count). The van der Waals surface area contributed by atoms with Crippen LogP contribution in [0.1, 0.15) is 26.5 Å². The molecule has 17 heavy (non-hydrogen) atoms. The number of nitrogens with zero attached hydrogens (tertiary/aromatic N) is 4. The number of hydrogen-bond donors (Lipinski definition) is 1. The molecule has 0 spiro atoms. The molecular weight excluding hydrogens is 214 g/mol. The lowest BCUT2D eigenvalue weighted by Gasteiger charge is -2.13. The van der Waals surface area contributed by atoms with Crippen LogP contribution in [-0.4, -0.2) is 19.6 Å². The van der Waals surface area contributed by atoms with Crippen LogP contribution in [0.4, 0.5) is 5.69 Å². The van der Waals surface area contributed by atoms with Gasteiger partial charge in [-0.05, 0) is 6.07 Å². The van der Waals surface area contributed by atoms with E-state index in [2.05, 4.69) is 37.0 Å². The summed E-state index contributed by atoms with van der Waals surface area (Å²) in [5.41, 5.74) is 9.60. The normalized spacial score (nSPS) is 12.1. The lowest BCUT2D eigenvalue weighted by molar-refractivity contribution is 0.553. The van der Waals surface area contributed by atoms with Crippen molar-refractivity contribution in [3.8, 4) is 11.4 Å². The van der Waals surface area contributed by atoms with Gasteiger partial charge in [0.25, 0.3) is 0 Å². The highest BCUT2D eigenvalue weighted by Crippen LogP contribution is 2.29. The highest BCUT2D eigenvalue weighted by Gasteiger charge is 2.21. The first kappa shape index (κ1) is 11.7. The Morgan fingerprint density at radius 2 is 1.82 bits per heavy atom. The van der Waals surface area contributed by atoms with Gasteiger partial charge >= 0.3 is 0 Å². The van der Waals surface area contributed by atoms with Crippen LogP contribution in [0.25, 0.3) is 11.4 Å². The van der Waals surface area contributed by atoms with E-state index in [0.717, 1.165) is 17.1 Å². The second-order valence-electron chi connectivity index (χ2n) is 5.36. The Morgan fingerprint density at radius 1 is 1.18 bits per heavy atom. The zero-order valence-corrected chi connectivity index (χ0v) is 11.0. The van der Waals surface area contributed by atoms with Crippen LogP contribution in [0.5, 0.6) is 0 Å². The molecule has 0 aliphatic heterocycles. The minimum atomic E-state index is 0.0311. The van der Waals surface area contributed by atoms with E-state index in [9.17, 15) is 0 Å². The first-order chi connectivity index (χ1) is 7.80. The molecule has 2 aromatic heterocycles. The fraction of sp³-hybridized carbons (Fsp3) is 0.500. The van der Waals surface area contributed by atoms with Gasteiger partial charge < -0.3 is 5.73 Å². The minimum Gasteiger partial charge on any atom is -0.396 e. The van der Waals surface area contributed by atoms with E-state index in [0.29, 0.717) is 5.69 Å². The third-order valence-corrected chi connectivity index (χ3v) is 2.86. The Balaban J connectivity index is 2.58. The Morgan fingerprint density at radius 3 is 2.24 bits per heavy atom. The topological polar surface area (TPSA) is 61.7 Å². The SMILES string of the molecule is Cn1nc(C(C)(C)C)cc1-c1c(N)cnn1C. The Kier molecular flexibility index (Phi) is 2.49. The van der Waals surface area contributed by atoms with E-state index >= 15 is 0 Å². The average molecular weight is 233 g/mol. The maximum absolute atomic E-state index is 5.94. The number of aromatic nitrogens is 4. The van der Waals surface area contributed by atoms with Crippen LogP contribution >= 0.6 is 0 Å². The van der Waals surface area contributed by atoms with Crippen molar-refractivity contribution in [1.29, 1.82) is 0 Å². The summed E-state index contributed by atoms with van der Waals surface area (Å²) in [4.78, 5) is 0. The van der Waals surface area contributed by atoms with Crippen molar-refractivity contribution in [1.82, 2.24) is 19.6 Å². The van der Waals surface area contributed by atoms with Gasteiger partial charge in [-0.25, -0.2) is 0 Å². The summed E-state index contributed by atoms with van der Waals surface area (Å²) in [7, 11) is 3.81. The van der Waals surface area contributed by atoms with Crippen molar-refractivity contribution >= 4 is 5.69 Å². The summed E-state index contributed by atoms with van der Waals surface area (Å²) < 4.78 is 3.63.